The van der Waals surface area contributed by atoms with Crippen LogP contribution in [0.5, 0.6) is 11.6 Å². The maximum absolute atomic E-state index is 16.0. The molecule has 6 rings (SSSR count). The lowest BCUT2D eigenvalue weighted by atomic mass is 9.96. The lowest BCUT2D eigenvalue weighted by Crippen LogP contribution is -2.40. The van der Waals surface area contributed by atoms with Crippen molar-refractivity contribution in [2.45, 2.75) is 19.5 Å². The van der Waals surface area contributed by atoms with Crippen molar-refractivity contribution in [3.05, 3.63) is 78.0 Å². The van der Waals surface area contributed by atoms with E-state index in [1.54, 1.807) is 17.2 Å². The van der Waals surface area contributed by atoms with Crippen LogP contribution in [0.4, 0.5) is 8.78 Å². The van der Waals surface area contributed by atoms with Crippen molar-refractivity contribution in [3.8, 4) is 45.4 Å². The van der Waals surface area contributed by atoms with E-state index in [-0.39, 0.29) is 36.5 Å². The zero-order chi connectivity index (χ0) is 33.9. The van der Waals surface area contributed by atoms with Gasteiger partial charge in [0.1, 0.15) is 42.0 Å². The van der Waals surface area contributed by atoms with E-state index in [0.29, 0.717) is 52.9 Å². The van der Waals surface area contributed by atoms with E-state index in [2.05, 4.69) is 11.6 Å². The summed E-state index contributed by atoms with van der Waals surface area (Å²) in [5.74, 6) is -1.23. The number of benzene rings is 1. The summed E-state index contributed by atoms with van der Waals surface area (Å²) in [6.07, 6.45) is 3.00. The summed E-state index contributed by atoms with van der Waals surface area (Å²) >= 11 is 1.41. The minimum atomic E-state index is -0.797. The number of methoxy groups -OCH3 is 1. The highest BCUT2D eigenvalue weighted by molar-refractivity contribution is 7.18. The molecule has 1 aromatic carbocycles. The second kappa shape index (κ2) is 14.2. The van der Waals surface area contributed by atoms with E-state index < -0.39 is 11.6 Å². The third kappa shape index (κ3) is 6.53. The van der Waals surface area contributed by atoms with Crippen LogP contribution in [0.1, 0.15) is 18.7 Å². The third-order valence-corrected chi connectivity index (χ3v) is 9.11. The molecule has 5 aromatic rings. The Labute approximate surface area is 281 Å². The Balaban J connectivity index is 1.55. The molecule has 0 bridgehead atoms. The average Bonchev–Trinajstić information content (AvgIpc) is 3.73. The first-order chi connectivity index (χ1) is 23.2. The van der Waals surface area contributed by atoms with Gasteiger partial charge in [0.25, 0.3) is 0 Å². The fraction of sp³-hybridized carbons (Fsp3) is 0.314. The Hall–Kier alpha value is -4.72. The van der Waals surface area contributed by atoms with Crippen molar-refractivity contribution in [2.75, 3.05) is 54.1 Å². The summed E-state index contributed by atoms with van der Waals surface area (Å²) in [7, 11) is 5.47. The fourth-order valence-corrected chi connectivity index (χ4v) is 6.73. The maximum atomic E-state index is 16.0. The smallest absolute Gasteiger partial charge is 0.246 e. The summed E-state index contributed by atoms with van der Waals surface area (Å²) < 4.78 is 50.1. The molecule has 5 heterocycles. The molecule has 0 N–H and O–H groups in total. The molecule has 0 spiro atoms. The standard InChI is InChI=1S/C35H36F2N6O4S/c1-6-30(44)42-10-11-43-27(21(42)2)19-26(40-43)34-32(31-25(37)17-23(36)18-28(31)46-15-14-45-5)35-24(9-16-48-35)33(39-34)22-7-8-29(38-20-22)47-13-12-41(3)4/h6-9,16-21H,1,10-15H2,2-5H3. The van der Waals surface area contributed by atoms with E-state index in [1.165, 1.54) is 30.6 Å². The molecule has 1 aliphatic heterocycles. The molecule has 4 aromatic heterocycles. The Morgan fingerprint density at radius 3 is 2.65 bits per heavy atom. The van der Waals surface area contributed by atoms with E-state index in [4.69, 9.17) is 24.3 Å². The number of likely N-dealkylation sites (N-methyl/N-ethyl adjacent to an activating group) is 1. The molecule has 0 aliphatic carbocycles. The largest absolute Gasteiger partial charge is 0.490 e. The van der Waals surface area contributed by atoms with Crippen LogP contribution in [0.15, 0.2) is 60.6 Å². The first kappa shape index (κ1) is 33.2. The molecule has 0 radical (unpaired) electrons. The van der Waals surface area contributed by atoms with Crippen LogP contribution in [-0.2, 0) is 16.1 Å². The molecule has 250 valence electrons. The number of thiophene rings is 1. The van der Waals surface area contributed by atoms with Gasteiger partial charge >= 0.3 is 0 Å². The zero-order valence-electron chi connectivity index (χ0n) is 27.2. The molecule has 0 saturated carbocycles. The van der Waals surface area contributed by atoms with Crippen molar-refractivity contribution in [3.63, 3.8) is 0 Å². The SMILES string of the molecule is C=CC(=O)N1CCn2nc(-c3nc(-c4ccc(OCCN(C)C)nc4)c4ccsc4c3-c3c(F)cc(F)cc3OCCOC)cc2C1C. The number of pyridine rings is 2. The van der Waals surface area contributed by atoms with Crippen LogP contribution in [-0.4, -0.2) is 89.6 Å². The van der Waals surface area contributed by atoms with E-state index in [0.717, 1.165) is 29.3 Å². The number of nitrogens with zero attached hydrogens (tertiary/aromatic N) is 6. The Morgan fingerprint density at radius 1 is 1.08 bits per heavy atom. The molecule has 13 heteroatoms. The predicted octanol–water partition coefficient (Wildman–Crippen LogP) is 6.22. The van der Waals surface area contributed by atoms with Gasteiger partial charge in [0.15, 0.2) is 0 Å². The molecule has 0 fully saturated rings. The van der Waals surface area contributed by atoms with Gasteiger partial charge < -0.3 is 24.0 Å². The van der Waals surface area contributed by atoms with Gasteiger partial charge in [0.2, 0.25) is 11.8 Å². The number of fused-ring (bicyclic) bond motifs is 2. The third-order valence-electron chi connectivity index (χ3n) is 8.18. The highest BCUT2D eigenvalue weighted by Crippen LogP contribution is 2.47. The number of hydrogen-bond acceptors (Lipinski definition) is 9. The van der Waals surface area contributed by atoms with E-state index in [9.17, 15) is 9.18 Å². The quantitative estimate of drug-likeness (QED) is 0.114. The van der Waals surface area contributed by atoms with Gasteiger partial charge in [0.05, 0.1) is 36.1 Å². The topological polar surface area (TPSA) is 94.8 Å². The van der Waals surface area contributed by atoms with Crippen molar-refractivity contribution in [1.82, 2.24) is 29.5 Å². The molecule has 0 saturated heterocycles. The van der Waals surface area contributed by atoms with E-state index >= 15 is 4.39 Å². The minimum absolute atomic E-state index is 0.0241. The number of carbonyl (C=O) groups excluding carboxylic acids is 1. The van der Waals surface area contributed by atoms with Crippen molar-refractivity contribution < 1.29 is 27.8 Å². The normalized spacial score (nSPS) is 14.4. The molecule has 1 unspecified atom stereocenters. The van der Waals surface area contributed by atoms with Gasteiger partial charge in [-0.25, -0.2) is 18.7 Å². The fourth-order valence-electron chi connectivity index (χ4n) is 5.78. The molecule has 10 nitrogen and oxygen atoms in total. The highest BCUT2D eigenvalue weighted by Gasteiger charge is 2.31. The summed E-state index contributed by atoms with van der Waals surface area (Å²) in [6, 6.07) is 9.19. The second-order valence-corrected chi connectivity index (χ2v) is 12.5. The van der Waals surface area contributed by atoms with Crippen LogP contribution in [0.25, 0.3) is 43.9 Å². The van der Waals surface area contributed by atoms with Crippen LogP contribution in [0.3, 0.4) is 0 Å². The first-order valence-electron chi connectivity index (χ1n) is 15.5. The monoisotopic (exact) mass is 674 g/mol. The van der Waals surface area contributed by atoms with Crippen LogP contribution in [0.2, 0.25) is 0 Å². The van der Waals surface area contributed by atoms with Crippen LogP contribution < -0.4 is 9.47 Å². The number of ether oxygens (including phenoxy) is 3. The summed E-state index contributed by atoms with van der Waals surface area (Å²) in [5.41, 5.74) is 3.48. The number of aromatic nitrogens is 4. The molecule has 1 amide bonds. The molecule has 1 atom stereocenters. The van der Waals surface area contributed by atoms with Crippen molar-refractivity contribution in [2.24, 2.45) is 0 Å². The number of amides is 1. The van der Waals surface area contributed by atoms with Crippen molar-refractivity contribution in [1.29, 1.82) is 0 Å². The number of hydrogen-bond donors (Lipinski definition) is 0. The van der Waals surface area contributed by atoms with Crippen LogP contribution in [0, 0.1) is 11.6 Å². The Morgan fingerprint density at radius 2 is 1.92 bits per heavy atom. The highest BCUT2D eigenvalue weighted by atomic mass is 32.1. The van der Waals surface area contributed by atoms with Gasteiger partial charge in [-0.05, 0) is 50.7 Å². The Kier molecular flexibility index (Phi) is 9.81. The van der Waals surface area contributed by atoms with Gasteiger partial charge in [-0.1, -0.05) is 6.58 Å². The number of rotatable bonds is 12. The Bertz CT molecular complexity index is 1960. The van der Waals surface area contributed by atoms with Gasteiger partial charge in [0, 0.05) is 65.8 Å². The average molecular weight is 675 g/mol. The lowest BCUT2D eigenvalue weighted by molar-refractivity contribution is -0.129. The van der Waals surface area contributed by atoms with Gasteiger partial charge in [-0.15, -0.1) is 11.3 Å². The van der Waals surface area contributed by atoms with Gasteiger partial charge in [-0.3, -0.25) is 9.48 Å². The predicted molar refractivity (Wildman–Crippen MR) is 181 cm³/mol. The summed E-state index contributed by atoms with van der Waals surface area (Å²) in [4.78, 5) is 26.0. The molecule has 48 heavy (non-hydrogen) atoms. The van der Waals surface area contributed by atoms with E-state index in [1.807, 2.05) is 54.2 Å². The summed E-state index contributed by atoms with van der Waals surface area (Å²) in [6.45, 7) is 8.02. The molecule has 1 aliphatic rings. The van der Waals surface area contributed by atoms with Crippen LogP contribution >= 0.6 is 11.3 Å². The van der Waals surface area contributed by atoms with Crippen molar-refractivity contribution >= 4 is 27.3 Å². The molecular weight excluding hydrogens is 638 g/mol. The number of halogens is 2. The summed E-state index contributed by atoms with van der Waals surface area (Å²) in [5, 5.41) is 7.58. The molecular formula is C35H36F2N6O4S. The minimum Gasteiger partial charge on any atom is -0.490 e. The lowest BCUT2D eigenvalue weighted by Gasteiger charge is -2.33. The second-order valence-electron chi connectivity index (χ2n) is 11.6. The zero-order valence-corrected chi connectivity index (χ0v) is 28.0. The van der Waals surface area contributed by atoms with Gasteiger partial charge in [-0.2, -0.15) is 5.10 Å². The first-order valence-corrected chi connectivity index (χ1v) is 16.4. The maximum Gasteiger partial charge on any atom is 0.246 e. The number of carbonyl (C=O) groups is 1.